The molecule has 4 rings (SSSR count). The summed E-state index contributed by atoms with van der Waals surface area (Å²) in [7, 11) is -3.22. The highest BCUT2D eigenvalue weighted by Crippen LogP contribution is 2.28. The lowest BCUT2D eigenvalue weighted by Gasteiger charge is -2.16. The van der Waals surface area contributed by atoms with E-state index in [0.717, 1.165) is 15.8 Å². The van der Waals surface area contributed by atoms with Crippen molar-refractivity contribution in [2.24, 2.45) is 0 Å². The summed E-state index contributed by atoms with van der Waals surface area (Å²) in [5.41, 5.74) is 3.05. The van der Waals surface area contributed by atoms with Crippen LogP contribution in [-0.2, 0) is 10.0 Å². The molecule has 0 spiro atoms. The Morgan fingerprint density at radius 2 is 1.96 bits per heavy atom. The average Bonchev–Trinajstić information content (AvgIpc) is 3.16. The van der Waals surface area contributed by atoms with Crippen molar-refractivity contribution in [3.8, 4) is 0 Å². The molecular weight excluding hydrogens is 370 g/mol. The number of carbonyl (C=O) groups excluding carboxylic acids is 1. The zero-order chi connectivity index (χ0) is 18.3. The summed E-state index contributed by atoms with van der Waals surface area (Å²) >= 11 is 1.43. The molecule has 134 valence electrons. The van der Waals surface area contributed by atoms with Crippen LogP contribution in [0.1, 0.15) is 22.3 Å². The fourth-order valence-corrected chi connectivity index (χ4v) is 5.49. The van der Waals surface area contributed by atoms with E-state index < -0.39 is 10.0 Å². The van der Waals surface area contributed by atoms with Crippen LogP contribution < -0.4 is 9.62 Å². The molecule has 1 amide bonds. The van der Waals surface area contributed by atoms with E-state index in [9.17, 15) is 13.2 Å². The minimum absolute atomic E-state index is 0.173. The Balaban J connectivity index is 1.52. The maximum Gasteiger partial charge on any atom is 0.257 e. The van der Waals surface area contributed by atoms with Crippen LogP contribution in [-0.4, -0.2) is 31.6 Å². The maximum absolute atomic E-state index is 12.4. The van der Waals surface area contributed by atoms with Gasteiger partial charge in [-0.3, -0.25) is 14.4 Å². The minimum atomic E-state index is -3.22. The maximum atomic E-state index is 12.4. The van der Waals surface area contributed by atoms with Gasteiger partial charge in [-0.1, -0.05) is 17.4 Å². The van der Waals surface area contributed by atoms with Gasteiger partial charge >= 0.3 is 0 Å². The molecule has 1 N–H and O–H groups in total. The van der Waals surface area contributed by atoms with Crippen LogP contribution in [0, 0.1) is 6.92 Å². The molecule has 0 unspecified atom stereocenters. The molecule has 1 fully saturated rings. The Morgan fingerprint density at radius 1 is 1.19 bits per heavy atom. The Hall–Kier alpha value is -2.45. The predicted molar refractivity (Wildman–Crippen MR) is 105 cm³/mol. The third-order valence-corrected chi connectivity index (χ3v) is 7.08. The summed E-state index contributed by atoms with van der Waals surface area (Å²) in [6.07, 6.45) is 0.627. The first-order chi connectivity index (χ1) is 12.4. The normalized spacial score (nSPS) is 16.1. The Kier molecular flexibility index (Phi) is 4.16. The van der Waals surface area contributed by atoms with Gasteiger partial charge in [0.05, 0.1) is 21.7 Å². The number of amides is 1. The second-order valence-corrected chi connectivity index (χ2v) is 9.28. The number of aryl methyl sites for hydroxylation is 1. The van der Waals surface area contributed by atoms with Crippen LogP contribution in [0.15, 0.2) is 42.5 Å². The molecule has 26 heavy (non-hydrogen) atoms. The first kappa shape index (κ1) is 17.0. The van der Waals surface area contributed by atoms with Gasteiger partial charge in [-0.2, -0.15) is 0 Å². The third kappa shape index (κ3) is 3.17. The van der Waals surface area contributed by atoms with E-state index in [-0.39, 0.29) is 11.7 Å². The summed E-state index contributed by atoms with van der Waals surface area (Å²) in [6.45, 7) is 2.50. The second kappa shape index (κ2) is 6.37. The van der Waals surface area contributed by atoms with Crippen LogP contribution in [0.3, 0.4) is 0 Å². The smallest absolute Gasteiger partial charge is 0.257 e. The molecule has 2 heterocycles. The molecule has 2 aromatic carbocycles. The van der Waals surface area contributed by atoms with Crippen LogP contribution in [0.2, 0.25) is 0 Å². The van der Waals surface area contributed by atoms with Crippen molar-refractivity contribution in [1.82, 2.24) is 4.98 Å². The number of fused-ring (bicyclic) bond motifs is 1. The molecule has 1 aliphatic heterocycles. The topological polar surface area (TPSA) is 79.4 Å². The monoisotopic (exact) mass is 387 g/mol. The van der Waals surface area contributed by atoms with Crippen molar-refractivity contribution in [2.45, 2.75) is 13.3 Å². The molecule has 1 aliphatic rings. The number of carbonyl (C=O) groups is 1. The van der Waals surface area contributed by atoms with Gasteiger partial charge in [0.2, 0.25) is 10.0 Å². The molecule has 3 aromatic rings. The number of benzene rings is 2. The van der Waals surface area contributed by atoms with Gasteiger partial charge in [-0.15, -0.1) is 0 Å². The van der Waals surface area contributed by atoms with Gasteiger partial charge in [0.25, 0.3) is 5.91 Å². The van der Waals surface area contributed by atoms with E-state index >= 15 is 0 Å². The molecular formula is C18H17N3O3S2. The molecule has 8 heteroatoms. The summed E-state index contributed by atoms with van der Waals surface area (Å²) in [5.74, 6) is -0.0941. The van der Waals surface area contributed by atoms with Gasteiger partial charge in [0.1, 0.15) is 0 Å². The van der Waals surface area contributed by atoms with Crippen molar-refractivity contribution >= 4 is 48.3 Å². The largest absolute Gasteiger partial charge is 0.298 e. The zero-order valence-electron chi connectivity index (χ0n) is 14.1. The lowest BCUT2D eigenvalue weighted by molar-refractivity contribution is 0.102. The first-order valence-corrected chi connectivity index (χ1v) is 10.6. The van der Waals surface area contributed by atoms with Crippen LogP contribution in [0.4, 0.5) is 10.8 Å². The minimum Gasteiger partial charge on any atom is -0.298 e. The van der Waals surface area contributed by atoms with Gasteiger partial charge < -0.3 is 0 Å². The summed E-state index contributed by atoms with van der Waals surface area (Å²) in [6, 6.07) is 12.6. The summed E-state index contributed by atoms with van der Waals surface area (Å²) in [5, 5.41) is 3.35. The quantitative estimate of drug-likeness (QED) is 0.747. The zero-order valence-corrected chi connectivity index (χ0v) is 15.7. The van der Waals surface area contributed by atoms with Gasteiger partial charge in [0.15, 0.2) is 5.13 Å². The molecule has 6 nitrogen and oxygen atoms in total. The summed E-state index contributed by atoms with van der Waals surface area (Å²) < 4.78 is 26.4. The van der Waals surface area contributed by atoms with Gasteiger partial charge in [-0.25, -0.2) is 13.4 Å². The number of hydrogen-bond donors (Lipinski definition) is 1. The Morgan fingerprint density at radius 3 is 2.65 bits per heavy atom. The van der Waals surface area contributed by atoms with E-state index in [1.165, 1.54) is 15.6 Å². The van der Waals surface area contributed by atoms with Gasteiger partial charge in [-0.05, 0) is 55.3 Å². The van der Waals surface area contributed by atoms with E-state index in [1.54, 1.807) is 24.3 Å². The van der Waals surface area contributed by atoms with Crippen LogP contribution >= 0.6 is 11.3 Å². The lowest BCUT2D eigenvalue weighted by atomic mass is 10.2. The molecule has 1 saturated heterocycles. The second-order valence-electron chi connectivity index (χ2n) is 6.23. The Labute approximate surface area is 155 Å². The lowest BCUT2D eigenvalue weighted by Crippen LogP contribution is -2.25. The number of nitrogens with zero attached hydrogens (tertiary/aromatic N) is 2. The molecule has 0 bridgehead atoms. The number of aromatic nitrogens is 1. The van der Waals surface area contributed by atoms with E-state index in [1.807, 2.05) is 25.1 Å². The molecule has 1 aromatic heterocycles. The highest BCUT2D eigenvalue weighted by molar-refractivity contribution is 7.93. The predicted octanol–water partition coefficient (Wildman–Crippen LogP) is 3.40. The highest BCUT2D eigenvalue weighted by atomic mass is 32.2. The standard InChI is InChI=1S/C18H17N3O3S2/c1-12-3-8-15-16(11-12)25-18(19-15)20-17(22)13-4-6-14(7-5-13)21-9-2-10-26(21,23)24/h3-8,11H,2,9-10H2,1H3,(H,19,20,22). The number of hydrogen-bond acceptors (Lipinski definition) is 5. The number of sulfonamides is 1. The van der Waals surface area contributed by atoms with Crippen molar-refractivity contribution in [3.05, 3.63) is 53.6 Å². The fraction of sp³-hybridized carbons (Fsp3) is 0.222. The summed E-state index contributed by atoms with van der Waals surface area (Å²) in [4.78, 5) is 16.9. The van der Waals surface area contributed by atoms with Crippen molar-refractivity contribution < 1.29 is 13.2 Å². The van der Waals surface area contributed by atoms with E-state index in [4.69, 9.17) is 0 Å². The Bertz CT molecular complexity index is 1090. The van der Waals surface area contributed by atoms with E-state index in [2.05, 4.69) is 10.3 Å². The molecule has 0 saturated carbocycles. The van der Waals surface area contributed by atoms with Gasteiger partial charge in [0, 0.05) is 12.1 Å². The van der Waals surface area contributed by atoms with Crippen molar-refractivity contribution in [1.29, 1.82) is 0 Å². The molecule has 0 radical (unpaired) electrons. The van der Waals surface area contributed by atoms with Crippen molar-refractivity contribution in [3.63, 3.8) is 0 Å². The third-order valence-electron chi connectivity index (χ3n) is 4.28. The number of thiazole rings is 1. The van der Waals surface area contributed by atoms with Crippen LogP contribution in [0.5, 0.6) is 0 Å². The molecule has 0 aliphatic carbocycles. The average molecular weight is 387 g/mol. The SMILES string of the molecule is Cc1ccc2nc(NC(=O)c3ccc(N4CCCS4(=O)=O)cc3)sc2c1. The first-order valence-electron chi connectivity index (χ1n) is 8.21. The van der Waals surface area contributed by atoms with Crippen molar-refractivity contribution in [2.75, 3.05) is 21.9 Å². The fourth-order valence-electron chi connectivity index (χ4n) is 2.96. The van der Waals surface area contributed by atoms with E-state index in [0.29, 0.717) is 29.3 Å². The number of nitrogens with one attached hydrogen (secondary N) is 1. The number of anilines is 2. The number of rotatable bonds is 3. The van der Waals surface area contributed by atoms with Crippen LogP contribution in [0.25, 0.3) is 10.2 Å². The highest BCUT2D eigenvalue weighted by Gasteiger charge is 2.28. The molecule has 0 atom stereocenters.